The van der Waals surface area contributed by atoms with Gasteiger partial charge in [-0.3, -0.25) is 20.5 Å². The maximum atomic E-state index is 11.0. The number of nitrogens with one attached hydrogen (secondary N) is 1. The van der Waals surface area contributed by atoms with Gasteiger partial charge in [0.1, 0.15) is 6.33 Å². The first-order valence-electron chi connectivity index (χ1n) is 6.54. The highest BCUT2D eigenvalue weighted by molar-refractivity contribution is 5.88. The highest BCUT2D eigenvalue weighted by Crippen LogP contribution is 2.26. The number of nitro groups is 1. The van der Waals surface area contributed by atoms with E-state index in [-0.39, 0.29) is 11.6 Å². The fraction of sp³-hybridized carbons (Fsp3) is 0. The van der Waals surface area contributed by atoms with E-state index in [9.17, 15) is 10.1 Å². The van der Waals surface area contributed by atoms with E-state index in [1.807, 2.05) is 30.3 Å². The van der Waals surface area contributed by atoms with Gasteiger partial charge in [0.2, 0.25) is 11.6 Å². The minimum Gasteiger partial charge on any atom is -0.378 e. The summed E-state index contributed by atoms with van der Waals surface area (Å²) in [5.41, 5.74) is 9.26. The van der Waals surface area contributed by atoms with Gasteiger partial charge in [-0.1, -0.05) is 12.1 Å². The Morgan fingerprint density at radius 2 is 2.13 bits per heavy atom. The number of hydrogen-bond donors (Lipinski definition) is 2. The Bertz CT molecular complexity index is 911. The largest absolute Gasteiger partial charge is 0.378 e. The van der Waals surface area contributed by atoms with E-state index in [0.29, 0.717) is 0 Å². The van der Waals surface area contributed by atoms with Crippen LogP contribution >= 0.6 is 0 Å². The predicted octanol–water partition coefficient (Wildman–Crippen LogP) is 1.96. The second-order valence-corrected chi connectivity index (χ2v) is 4.54. The second-order valence-electron chi connectivity index (χ2n) is 4.54. The number of anilines is 2. The van der Waals surface area contributed by atoms with Crippen LogP contribution in [0.2, 0.25) is 0 Å². The fourth-order valence-corrected chi connectivity index (χ4v) is 2.00. The van der Waals surface area contributed by atoms with Gasteiger partial charge >= 0.3 is 5.69 Å². The third kappa shape index (κ3) is 3.02. The number of nitrogens with two attached hydrogens (primary N) is 1. The van der Waals surface area contributed by atoms with Gasteiger partial charge in [-0.25, -0.2) is 9.97 Å². The van der Waals surface area contributed by atoms with E-state index < -0.39 is 10.6 Å². The summed E-state index contributed by atoms with van der Waals surface area (Å²) in [6.45, 7) is 0. The van der Waals surface area contributed by atoms with Gasteiger partial charge in [0.25, 0.3) is 0 Å². The van der Waals surface area contributed by atoms with Crippen molar-refractivity contribution in [1.82, 2.24) is 15.0 Å². The lowest BCUT2D eigenvalue weighted by molar-refractivity contribution is -0.383. The number of nitrogens with zero attached hydrogens (tertiary/aromatic N) is 5. The zero-order valence-electron chi connectivity index (χ0n) is 11.7. The molecule has 0 atom stereocenters. The number of pyridine rings is 1. The normalized spacial score (nSPS) is 11.0. The quantitative estimate of drug-likeness (QED) is 0.427. The fourth-order valence-electron chi connectivity index (χ4n) is 2.00. The van der Waals surface area contributed by atoms with Crippen molar-refractivity contribution in [3.05, 3.63) is 58.5 Å². The van der Waals surface area contributed by atoms with Crippen LogP contribution in [0.15, 0.2) is 48.0 Å². The number of aromatic nitrogens is 3. The first-order chi connectivity index (χ1) is 11.1. The summed E-state index contributed by atoms with van der Waals surface area (Å²) in [5.74, 6) is -0.291. The molecule has 0 radical (unpaired) electrons. The third-order valence-electron chi connectivity index (χ3n) is 3.04. The molecule has 2 aromatic heterocycles. The molecular weight excluding hydrogens is 298 g/mol. The molecular formula is C14H11N7O2. The number of hydrazone groups is 1. The van der Waals surface area contributed by atoms with Crippen molar-refractivity contribution in [2.24, 2.45) is 5.10 Å². The van der Waals surface area contributed by atoms with Crippen molar-refractivity contribution in [3.63, 3.8) is 0 Å². The molecule has 3 N–H and O–H groups in total. The molecule has 0 amide bonds. The second kappa shape index (κ2) is 6.02. The van der Waals surface area contributed by atoms with E-state index in [4.69, 9.17) is 5.73 Å². The molecule has 0 aliphatic rings. The molecule has 0 unspecified atom stereocenters. The summed E-state index contributed by atoms with van der Waals surface area (Å²) >= 11 is 0. The summed E-state index contributed by atoms with van der Waals surface area (Å²) in [6, 6.07) is 9.37. The summed E-state index contributed by atoms with van der Waals surface area (Å²) in [6.07, 6.45) is 4.37. The van der Waals surface area contributed by atoms with E-state index >= 15 is 0 Å². The monoisotopic (exact) mass is 309 g/mol. The summed E-state index contributed by atoms with van der Waals surface area (Å²) in [4.78, 5) is 21.9. The van der Waals surface area contributed by atoms with Crippen molar-refractivity contribution >= 4 is 34.4 Å². The van der Waals surface area contributed by atoms with E-state index in [0.717, 1.165) is 22.8 Å². The van der Waals surface area contributed by atoms with Gasteiger partial charge in [0.05, 0.1) is 16.7 Å². The van der Waals surface area contributed by atoms with Crippen molar-refractivity contribution in [3.8, 4) is 0 Å². The maximum absolute atomic E-state index is 11.0. The topological polar surface area (TPSA) is 132 Å². The van der Waals surface area contributed by atoms with Gasteiger partial charge in [-0.2, -0.15) is 5.10 Å². The zero-order chi connectivity index (χ0) is 16.2. The Morgan fingerprint density at radius 3 is 2.96 bits per heavy atom. The Balaban J connectivity index is 1.83. The first-order valence-corrected chi connectivity index (χ1v) is 6.54. The van der Waals surface area contributed by atoms with Crippen LogP contribution in [0.1, 0.15) is 5.56 Å². The molecule has 9 nitrogen and oxygen atoms in total. The SMILES string of the molecule is Nc1ncnc(NN=Cc2ccc3ncccc3c2)c1[N+](=O)[O-]. The molecule has 9 heteroatoms. The molecule has 3 aromatic rings. The molecule has 1 aromatic carbocycles. The van der Waals surface area contributed by atoms with Gasteiger partial charge in [-0.05, 0) is 23.8 Å². The van der Waals surface area contributed by atoms with Gasteiger partial charge < -0.3 is 5.73 Å². The van der Waals surface area contributed by atoms with Crippen LogP contribution in [-0.4, -0.2) is 26.1 Å². The first kappa shape index (κ1) is 14.3. The number of benzene rings is 1. The lowest BCUT2D eigenvalue weighted by Gasteiger charge is -2.02. The smallest absolute Gasteiger partial charge is 0.354 e. The van der Waals surface area contributed by atoms with Crippen molar-refractivity contribution < 1.29 is 4.92 Å². The zero-order valence-corrected chi connectivity index (χ0v) is 11.7. The van der Waals surface area contributed by atoms with E-state index in [2.05, 4.69) is 25.5 Å². The molecule has 114 valence electrons. The highest BCUT2D eigenvalue weighted by atomic mass is 16.6. The van der Waals surface area contributed by atoms with Crippen LogP contribution < -0.4 is 11.2 Å². The average molecular weight is 309 g/mol. The van der Waals surface area contributed by atoms with Crippen LogP contribution in [-0.2, 0) is 0 Å². The van der Waals surface area contributed by atoms with Crippen LogP contribution in [0, 0.1) is 10.1 Å². The molecule has 0 bridgehead atoms. The minimum absolute atomic E-state index is 0.0683. The van der Waals surface area contributed by atoms with E-state index in [1.54, 1.807) is 6.20 Å². The third-order valence-corrected chi connectivity index (χ3v) is 3.04. The Morgan fingerprint density at radius 1 is 1.26 bits per heavy atom. The van der Waals surface area contributed by atoms with Gasteiger partial charge in [-0.15, -0.1) is 0 Å². The van der Waals surface area contributed by atoms with Gasteiger partial charge in [0.15, 0.2) is 0 Å². The molecule has 0 saturated heterocycles. The summed E-state index contributed by atoms with van der Waals surface area (Å²) in [5, 5.41) is 15.9. The Labute approximate surface area is 130 Å². The maximum Gasteiger partial charge on any atom is 0.354 e. The number of fused-ring (bicyclic) bond motifs is 1. The number of rotatable bonds is 4. The molecule has 23 heavy (non-hydrogen) atoms. The molecule has 0 aliphatic heterocycles. The standard InChI is InChI=1S/C14H11N7O2/c15-13-12(21(22)23)14(18-8-17-13)20-19-7-9-3-4-11-10(6-9)2-1-5-16-11/h1-8H,(H3,15,17,18,20). The minimum atomic E-state index is -0.658. The van der Waals surface area contributed by atoms with Crippen molar-refractivity contribution in [1.29, 1.82) is 0 Å². The lowest BCUT2D eigenvalue weighted by atomic mass is 10.1. The molecule has 0 saturated carbocycles. The molecule has 0 spiro atoms. The highest BCUT2D eigenvalue weighted by Gasteiger charge is 2.20. The average Bonchev–Trinajstić information content (AvgIpc) is 2.54. The van der Waals surface area contributed by atoms with Crippen LogP contribution in [0.4, 0.5) is 17.3 Å². The number of nitrogen functional groups attached to an aromatic ring is 1. The Kier molecular flexibility index (Phi) is 3.75. The number of hydrogen-bond acceptors (Lipinski definition) is 8. The van der Waals surface area contributed by atoms with Crippen LogP contribution in [0.25, 0.3) is 10.9 Å². The van der Waals surface area contributed by atoms with Crippen molar-refractivity contribution in [2.75, 3.05) is 11.2 Å². The Hall–Kier alpha value is -3.62. The summed E-state index contributed by atoms with van der Waals surface area (Å²) in [7, 11) is 0. The van der Waals surface area contributed by atoms with Crippen molar-refractivity contribution in [2.45, 2.75) is 0 Å². The van der Waals surface area contributed by atoms with E-state index in [1.165, 1.54) is 6.21 Å². The molecule has 3 rings (SSSR count). The molecule has 0 fully saturated rings. The predicted molar refractivity (Wildman–Crippen MR) is 86.1 cm³/mol. The van der Waals surface area contributed by atoms with Crippen LogP contribution in [0.3, 0.4) is 0 Å². The van der Waals surface area contributed by atoms with Gasteiger partial charge in [0, 0.05) is 11.6 Å². The summed E-state index contributed by atoms with van der Waals surface area (Å²) < 4.78 is 0. The molecule has 2 heterocycles. The lowest BCUT2D eigenvalue weighted by Crippen LogP contribution is -2.04. The molecule has 0 aliphatic carbocycles. The van der Waals surface area contributed by atoms with Crippen LogP contribution in [0.5, 0.6) is 0 Å².